The molecule has 1 aromatic carbocycles. The van der Waals surface area contributed by atoms with Crippen LogP contribution in [0.4, 0.5) is 5.69 Å². The van der Waals surface area contributed by atoms with Gasteiger partial charge in [-0.05, 0) is 34.1 Å². The van der Waals surface area contributed by atoms with E-state index in [0.29, 0.717) is 22.7 Å². The summed E-state index contributed by atoms with van der Waals surface area (Å²) in [7, 11) is -2.31. The van der Waals surface area contributed by atoms with Crippen molar-refractivity contribution in [3.8, 4) is 0 Å². The maximum Gasteiger partial charge on any atom is 0.281 e. The third-order valence-electron chi connectivity index (χ3n) is 2.74. The molecule has 1 N–H and O–H groups in total. The van der Waals surface area contributed by atoms with Gasteiger partial charge in [-0.25, -0.2) is 9.67 Å². The molecule has 0 radical (unpaired) electrons. The number of nitrogens with zero attached hydrogens (tertiary/aromatic N) is 4. The molecule has 2 heterocycles. The van der Waals surface area contributed by atoms with Crippen molar-refractivity contribution in [2.75, 3.05) is 4.72 Å². The Morgan fingerprint density at radius 1 is 1.38 bits per heavy atom. The largest absolute Gasteiger partial charge is 0.441 e. The number of rotatable bonds is 3. The van der Waals surface area contributed by atoms with E-state index in [0.717, 1.165) is 0 Å². The van der Waals surface area contributed by atoms with Gasteiger partial charge in [-0.2, -0.15) is 8.42 Å². The number of nitrogens with one attached hydrogen (secondary N) is 1. The van der Waals surface area contributed by atoms with Crippen molar-refractivity contribution in [3.05, 3.63) is 28.7 Å². The van der Waals surface area contributed by atoms with Gasteiger partial charge in [0.1, 0.15) is 5.52 Å². The second-order valence-corrected chi connectivity index (χ2v) is 6.68. The Morgan fingerprint density at radius 3 is 2.81 bits per heavy atom. The fraction of sp³-hybridized carbons (Fsp3) is 0.182. The molecule has 3 aromatic rings. The van der Waals surface area contributed by atoms with E-state index in [1.807, 2.05) is 0 Å². The smallest absolute Gasteiger partial charge is 0.281 e. The molecule has 0 unspecified atom stereocenters. The molecule has 0 aliphatic carbocycles. The minimum atomic E-state index is -3.81. The first-order valence-electron chi connectivity index (χ1n) is 5.82. The maximum atomic E-state index is 12.4. The summed E-state index contributed by atoms with van der Waals surface area (Å²) in [6.45, 7) is 1.72. The van der Waals surface area contributed by atoms with Gasteiger partial charge >= 0.3 is 0 Å². The summed E-state index contributed by atoms with van der Waals surface area (Å²) >= 11 is 3.07. The summed E-state index contributed by atoms with van der Waals surface area (Å²) < 4.78 is 33.8. The van der Waals surface area contributed by atoms with Gasteiger partial charge in [0, 0.05) is 14.0 Å². The zero-order valence-electron chi connectivity index (χ0n) is 11.0. The van der Waals surface area contributed by atoms with Crippen LogP contribution in [0.25, 0.3) is 11.1 Å². The second-order valence-electron chi connectivity index (χ2n) is 4.33. The molecule has 110 valence electrons. The van der Waals surface area contributed by atoms with E-state index < -0.39 is 10.0 Å². The Labute approximate surface area is 128 Å². The molecule has 0 amide bonds. The van der Waals surface area contributed by atoms with Crippen molar-refractivity contribution in [2.24, 2.45) is 7.05 Å². The number of hydrogen-bond acceptors (Lipinski definition) is 6. The molecule has 0 aliphatic rings. The number of anilines is 1. The fourth-order valence-electron chi connectivity index (χ4n) is 1.92. The highest BCUT2D eigenvalue weighted by atomic mass is 79.9. The van der Waals surface area contributed by atoms with E-state index in [9.17, 15) is 8.42 Å². The Hall–Kier alpha value is -1.94. The van der Waals surface area contributed by atoms with Crippen LogP contribution in [0.1, 0.15) is 5.89 Å². The summed E-state index contributed by atoms with van der Waals surface area (Å²) in [6, 6.07) is 4.85. The number of fused-ring (bicyclic) bond motifs is 1. The average Bonchev–Trinajstić information content (AvgIpc) is 2.90. The van der Waals surface area contributed by atoms with Gasteiger partial charge in [0.05, 0.1) is 5.69 Å². The van der Waals surface area contributed by atoms with E-state index in [4.69, 9.17) is 4.42 Å². The lowest BCUT2D eigenvalue weighted by Gasteiger charge is -2.07. The van der Waals surface area contributed by atoms with Gasteiger partial charge in [0.2, 0.25) is 5.03 Å². The van der Waals surface area contributed by atoms with Crippen LogP contribution in [0, 0.1) is 6.92 Å². The standard InChI is InChI=1S/C11H10BrN5O3S/c1-6-13-8-5-7(3-4-9(8)20-6)15-21(18,19)11-10(12)14-16-17(11)2/h3-5,15H,1-2H3. The molecule has 3 rings (SSSR count). The lowest BCUT2D eigenvalue weighted by atomic mass is 10.3. The number of aromatic nitrogens is 4. The minimum Gasteiger partial charge on any atom is -0.441 e. The normalized spacial score (nSPS) is 12.0. The van der Waals surface area contributed by atoms with Crippen LogP contribution in [0.5, 0.6) is 0 Å². The Balaban J connectivity index is 2.01. The first kappa shape index (κ1) is 14.0. The van der Waals surface area contributed by atoms with Crippen LogP contribution in [0.2, 0.25) is 0 Å². The van der Waals surface area contributed by atoms with Gasteiger partial charge in [0.15, 0.2) is 16.1 Å². The molecule has 10 heteroatoms. The number of halogens is 1. The number of oxazole rings is 1. The predicted molar refractivity (Wildman–Crippen MR) is 78.3 cm³/mol. The highest BCUT2D eigenvalue weighted by Gasteiger charge is 2.24. The van der Waals surface area contributed by atoms with Gasteiger partial charge in [-0.1, -0.05) is 5.21 Å². The van der Waals surface area contributed by atoms with Crippen LogP contribution in [0.15, 0.2) is 32.2 Å². The van der Waals surface area contributed by atoms with Crippen molar-refractivity contribution in [1.82, 2.24) is 20.0 Å². The van der Waals surface area contributed by atoms with E-state index in [-0.39, 0.29) is 9.63 Å². The van der Waals surface area contributed by atoms with Crippen LogP contribution in [-0.2, 0) is 17.1 Å². The molecule has 21 heavy (non-hydrogen) atoms. The Kier molecular flexibility index (Phi) is 3.21. The van der Waals surface area contributed by atoms with Crippen LogP contribution in [0.3, 0.4) is 0 Å². The molecule has 0 saturated carbocycles. The maximum absolute atomic E-state index is 12.4. The van der Waals surface area contributed by atoms with Gasteiger partial charge in [-0.15, -0.1) is 5.10 Å². The van der Waals surface area contributed by atoms with Crippen LogP contribution >= 0.6 is 15.9 Å². The monoisotopic (exact) mass is 371 g/mol. The van der Waals surface area contributed by atoms with Gasteiger partial charge < -0.3 is 4.42 Å². The molecule has 2 aromatic heterocycles. The molecule has 0 bridgehead atoms. The van der Waals surface area contributed by atoms with Crippen molar-refractivity contribution < 1.29 is 12.8 Å². The lowest BCUT2D eigenvalue weighted by Crippen LogP contribution is -2.17. The van der Waals surface area contributed by atoms with Crippen molar-refractivity contribution in [3.63, 3.8) is 0 Å². The number of aryl methyl sites for hydroxylation is 2. The SMILES string of the molecule is Cc1nc2cc(NS(=O)(=O)c3c(Br)nnn3C)ccc2o1. The molecular weight excluding hydrogens is 362 g/mol. The van der Waals surface area contributed by atoms with E-state index in [1.54, 1.807) is 25.1 Å². The lowest BCUT2D eigenvalue weighted by molar-refractivity contribution is 0.561. The third kappa shape index (κ3) is 2.51. The highest BCUT2D eigenvalue weighted by molar-refractivity contribution is 9.10. The van der Waals surface area contributed by atoms with Crippen molar-refractivity contribution in [2.45, 2.75) is 11.9 Å². The first-order chi connectivity index (χ1) is 9.87. The molecule has 0 saturated heterocycles. The van der Waals surface area contributed by atoms with E-state index in [2.05, 4.69) is 35.9 Å². The van der Waals surface area contributed by atoms with Crippen LogP contribution < -0.4 is 4.72 Å². The average molecular weight is 372 g/mol. The molecule has 0 aliphatic heterocycles. The van der Waals surface area contributed by atoms with Gasteiger partial charge in [-0.3, -0.25) is 4.72 Å². The fourth-order valence-corrected chi connectivity index (χ4v) is 4.07. The highest BCUT2D eigenvalue weighted by Crippen LogP contribution is 2.24. The zero-order valence-corrected chi connectivity index (χ0v) is 13.4. The molecule has 0 spiro atoms. The molecule has 0 fully saturated rings. The van der Waals surface area contributed by atoms with Crippen molar-refractivity contribution >= 4 is 42.7 Å². The number of sulfonamides is 1. The minimum absolute atomic E-state index is 0.0565. The zero-order chi connectivity index (χ0) is 15.2. The van der Waals surface area contributed by atoms with E-state index >= 15 is 0 Å². The first-order valence-corrected chi connectivity index (χ1v) is 8.09. The molecule has 8 nitrogen and oxygen atoms in total. The topological polar surface area (TPSA) is 103 Å². The quantitative estimate of drug-likeness (QED) is 0.753. The summed E-state index contributed by atoms with van der Waals surface area (Å²) in [5.74, 6) is 0.517. The Morgan fingerprint density at radius 2 is 2.14 bits per heavy atom. The predicted octanol–water partition coefficient (Wildman–Crippen LogP) is 1.83. The van der Waals surface area contributed by atoms with Crippen molar-refractivity contribution in [1.29, 1.82) is 0 Å². The molecule has 0 atom stereocenters. The Bertz CT molecular complexity index is 911. The van der Waals surface area contributed by atoms with E-state index in [1.165, 1.54) is 11.7 Å². The van der Waals surface area contributed by atoms with Gasteiger partial charge in [0.25, 0.3) is 10.0 Å². The second kappa shape index (κ2) is 4.81. The molecular formula is C11H10BrN5O3S. The summed E-state index contributed by atoms with van der Waals surface area (Å²) in [4.78, 5) is 4.16. The summed E-state index contributed by atoms with van der Waals surface area (Å²) in [5, 5.41) is 7.25. The third-order valence-corrected chi connectivity index (χ3v) is 5.01. The summed E-state index contributed by atoms with van der Waals surface area (Å²) in [6.07, 6.45) is 0. The summed E-state index contributed by atoms with van der Waals surface area (Å²) in [5.41, 5.74) is 1.55. The number of hydrogen-bond donors (Lipinski definition) is 1. The number of benzene rings is 1. The van der Waals surface area contributed by atoms with Crippen LogP contribution in [-0.4, -0.2) is 28.4 Å².